The van der Waals surface area contributed by atoms with E-state index in [0.717, 1.165) is 5.57 Å². The van der Waals surface area contributed by atoms with Crippen molar-refractivity contribution in [1.29, 1.82) is 0 Å². The Labute approximate surface area is 156 Å². The van der Waals surface area contributed by atoms with Crippen molar-refractivity contribution in [3.05, 3.63) is 51.5 Å². The van der Waals surface area contributed by atoms with Gasteiger partial charge >= 0.3 is 5.97 Å². The van der Waals surface area contributed by atoms with Crippen LogP contribution in [-0.4, -0.2) is 23.8 Å². The van der Waals surface area contributed by atoms with Crippen LogP contribution in [0.2, 0.25) is 0 Å². The molecule has 0 radical (unpaired) electrons. The predicted molar refractivity (Wildman–Crippen MR) is 99.5 cm³/mol. The van der Waals surface area contributed by atoms with Crippen molar-refractivity contribution >= 4 is 21.9 Å². The zero-order valence-electron chi connectivity index (χ0n) is 14.9. The highest BCUT2D eigenvalue weighted by atomic mass is 79.9. The van der Waals surface area contributed by atoms with Gasteiger partial charge in [0, 0.05) is 11.6 Å². The number of esters is 1. The molecule has 0 spiro atoms. The number of aliphatic hydroxyl groups is 1. The fourth-order valence-electron chi connectivity index (χ4n) is 2.19. The van der Waals surface area contributed by atoms with Crippen molar-refractivity contribution in [2.75, 3.05) is 6.61 Å². The van der Waals surface area contributed by atoms with Gasteiger partial charge < -0.3 is 14.6 Å². The molecule has 0 fully saturated rings. The summed E-state index contributed by atoms with van der Waals surface area (Å²) in [4.78, 5) is 11.7. The van der Waals surface area contributed by atoms with Gasteiger partial charge in [-0.3, -0.25) is 4.79 Å². The average molecular weight is 415 g/mol. The third-order valence-electron chi connectivity index (χ3n) is 3.56. The molecular weight excluding hydrogens is 391 g/mol. The van der Waals surface area contributed by atoms with Crippen LogP contribution in [0, 0.1) is 5.82 Å². The Balaban J connectivity index is 3.05. The van der Waals surface area contributed by atoms with E-state index < -0.39 is 5.82 Å². The average Bonchev–Trinajstić information content (AvgIpc) is 2.54. The van der Waals surface area contributed by atoms with E-state index in [1.165, 1.54) is 18.2 Å². The quantitative estimate of drug-likeness (QED) is 0.359. The third kappa shape index (κ3) is 6.90. The number of allylic oxidation sites excluding steroid dienone is 3. The Morgan fingerprint density at radius 1 is 1.40 bits per heavy atom. The van der Waals surface area contributed by atoms with E-state index in [4.69, 9.17) is 9.47 Å². The maximum atomic E-state index is 13.6. The SMILES string of the molecule is CCOC(=O)Cc1ccc(F)cc1OC(C)/C(=C/C(Br)=C(\C)O)CC. The lowest BCUT2D eigenvalue weighted by atomic mass is 10.1. The van der Waals surface area contributed by atoms with Crippen LogP contribution in [-0.2, 0) is 16.0 Å². The van der Waals surface area contributed by atoms with E-state index in [0.29, 0.717) is 22.2 Å². The fraction of sp³-hybridized carbons (Fsp3) is 0.421. The smallest absolute Gasteiger partial charge is 0.310 e. The maximum absolute atomic E-state index is 13.6. The highest BCUT2D eigenvalue weighted by Gasteiger charge is 2.16. The minimum Gasteiger partial charge on any atom is -0.511 e. The van der Waals surface area contributed by atoms with E-state index >= 15 is 0 Å². The summed E-state index contributed by atoms with van der Waals surface area (Å²) >= 11 is 3.29. The lowest BCUT2D eigenvalue weighted by molar-refractivity contribution is -0.142. The first-order valence-corrected chi connectivity index (χ1v) is 8.94. The van der Waals surface area contributed by atoms with Gasteiger partial charge in [-0.15, -0.1) is 0 Å². The molecule has 0 aromatic heterocycles. The third-order valence-corrected chi connectivity index (χ3v) is 4.36. The van der Waals surface area contributed by atoms with E-state index in [-0.39, 0.29) is 30.9 Å². The summed E-state index contributed by atoms with van der Waals surface area (Å²) in [6.07, 6.45) is 2.12. The lowest BCUT2D eigenvalue weighted by Crippen LogP contribution is -2.17. The highest BCUT2D eigenvalue weighted by Crippen LogP contribution is 2.26. The molecule has 4 nitrogen and oxygen atoms in total. The van der Waals surface area contributed by atoms with E-state index in [2.05, 4.69) is 15.9 Å². The Morgan fingerprint density at radius 3 is 2.64 bits per heavy atom. The number of carbonyl (C=O) groups is 1. The van der Waals surface area contributed by atoms with Crippen molar-refractivity contribution in [3.63, 3.8) is 0 Å². The minimum absolute atomic E-state index is 0.0146. The van der Waals surface area contributed by atoms with Crippen LogP contribution in [0.1, 0.15) is 39.7 Å². The monoisotopic (exact) mass is 414 g/mol. The topological polar surface area (TPSA) is 55.8 Å². The van der Waals surface area contributed by atoms with Gasteiger partial charge in [-0.2, -0.15) is 0 Å². The summed E-state index contributed by atoms with van der Waals surface area (Å²) in [7, 11) is 0. The molecule has 0 aliphatic heterocycles. The van der Waals surface area contributed by atoms with Crippen molar-refractivity contribution < 1.29 is 23.8 Å². The standard InChI is InChI=1S/C19H24BrFO4/c1-5-14(9-17(20)12(3)22)13(4)25-18-11-16(21)8-7-15(18)10-19(23)24-6-2/h7-9,11,13,22H,5-6,10H2,1-4H3/b14-9+,17-12-. The Hall–Kier alpha value is -1.82. The minimum atomic E-state index is -0.441. The number of rotatable bonds is 8. The number of ether oxygens (including phenoxy) is 2. The first kappa shape index (κ1) is 21.2. The summed E-state index contributed by atoms with van der Waals surface area (Å²) in [5, 5.41) is 9.51. The first-order valence-electron chi connectivity index (χ1n) is 8.14. The van der Waals surface area contributed by atoms with Crippen LogP contribution in [0.5, 0.6) is 5.75 Å². The second kappa shape index (κ2) is 10.2. The Kier molecular flexibility index (Phi) is 8.69. The van der Waals surface area contributed by atoms with E-state index in [1.807, 2.05) is 13.8 Å². The normalized spacial score (nSPS) is 13.9. The van der Waals surface area contributed by atoms with E-state index in [1.54, 1.807) is 19.9 Å². The molecule has 0 aliphatic rings. The summed E-state index contributed by atoms with van der Waals surface area (Å²) in [5.74, 6) is -0.365. The molecule has 0 heterocycles. The molecule has 0 amide bonds. The molecule has 1 rings (SSSR count). The van der Waals surface area contributed by atoms with Gasteiger partial charge in [0.2, 0.25) is 0 Å². The number of halogens is 2. The molecule has 1 unspecified atom stereocenters. The second-order valence-electron chi connectivity index (χ2n) is 5.50. The molecular formula is C19H24BrFO4. The van der Waals surface area contributed by atoms with Crippen LogP contribution < -0.4 is 4.74 Å². The van der Waals surface area contributed by atoms with Gasteiger partial charge in [-0.25, -0.2) is 4.39 Å². The van der Waals surface area contributed by atoms with Crippen molar-refractivity contribution in [2.24, 2.45) is 0 Å². The number of hydrogen-bond acceptors (Lipinski definition) is 4. The molecule has 0 saturated heterocycles. The zero-order valence-corrected chi connectivity index (χ0v) is 16.5. The van der Waals surface area contributed by atoms with Crippen LogP contribution in [0.3, 0.4) is 0 Å². The fourth-order valence-corrected chi connectivity index (χ4v) is 2.49. The summed E-state index contributed by atoms with van der Waals surface area (Å²) in [5.41, 5.74) is 1.47. The lowest BCUT2D eigenvalue weighted by Gasteiger charge is -2.20. The molecule has 0 aliphatic carbocycles. The van der Waals surface area contributed by atoms with Crippen molar-refractivity contribution in [1.82, 2.24) is 0 Å². The number of aliphatic hydroxyl groups excluding tert-OH is 1. The van der Waals surface area contributed by atoms with Crippen LogP contribution in [0.25, 0.3) is 0 Å². The van der Waals surface area contributed by atoms with E-state index in [9.17, 15) is 14.3 Å². The first-order chi connectivity index (χ1) is 11.8. The Morgan fingerprint density at radius 2 is 2.08 bits per heavy atom. The summed E-state index contributed by atoms with van der Waals surface area (Å²) < 4.78 is 25.0. The largest absolute Gasteiger partial charge is 0.511 e. The summed E-state index contributed by atoms with van der Waals surface area (Å²) in [6, 6.07) is 4.08. The van der Waals surface area contributed by atoms with Crippen LogP contribution in [0.4, 0.5) is 4.39 Å². The molecule has 1 N–H and O–H groups in total. The molecule has 1 aromatic rings. The zero-order chi connectivity index (χ0) is 19.0. The summed E-state index contributed by atoms with van der Waals surface area (Å²) in [6.45, 7) is 7.39. The number of benzene rings is 1. The molecule has 1 atom stereocenters. The Bertz CT molecular complexity index is 663. The molecule has 138 valence electrons. The van der Waals surface area contributed by atoms with Gasteiger partial charge in [0.1, 0.15) is 23.4 Å². The van der Waals surface area contributed by atoms with Gasteiger partial charge in [0.15, 0.2) is 0 Å². The van der Waals surface area contributed by atoms with Gasteiger partial charge in [0.25, 0.3) is 0 Å². The van der Waals surface area contributed by atoms with Crippen molar-refractivity contribution in [3.8, 4) is 5.75 Å². The highest BCUT2D eigenvalue weighted by molar-refractivity contribution is 9.11. The molecule has 25 heavy (non-hydrogen) atoms. The molecule has 6 heteroatoms. The number of hydrogen-bond donors (Lipinski definition) is 1. The molecule has 0 saturated carbocycles. The van der Waals surface area contributed by atoms with Crippen LogP contribution in [0.15, 0.2) is 40.1 Å². The molecule has 0 bridgehead atoms. The molecule has 1 aromatic carbocycles. The van der Waals surface area contributed by atoms with Gasteiger partial charge in [-0.05, 0) is 60.8 Å². The van der Waals surface area contributed by atoms with Gasteiger partial charge in [-0.1, -0.05) is 13.0 Å². The second-order valence-corrected chi connectivity index (χ2v) is 6.35. The predicted octanol–water partition coefficient (Wildman–Crippen LogP) is 5.22. The number of carbonyl (C=O) groups excluding carboxylic acids is 1. The van der Waals surface area contributed by atoms with Crippen LogP contribution >= 0.6 is 15.9 Å². The van der Waals surface area contributed by atoms with Crippen molar-refractivity contribution in [2.45, 2.75) is 46.6 Å². The van der Waals surface area contributed by atoms with Gasteiger partial charge in [0.05, 0.1) is 17.5 Å². The maximum Gasteiger partial charge on any atom is 0.310 e.